The number of hydrogen-bond donors (Lipinski definition) is 0. The Balaban J connectivity index is 1.69. The highest BCUT2D eigenvalue weighted by molar-refractivity contribution is 8.18. The van der Waals surface area contributed by atoms with Crippen LogP contribution in [0.2, 0.25) is 0 Å². The zero-order valence-electron chi connectivity index (χ0n) is 20.5. The number of benzene rings is 2. The summed E-state index contributed by atoms with van der Waals surface area (Å²) in [5.41, 5.74) is 3.18. The standard InChI is InChI=1S/C27H32FN3O2S/c1-6-33-13-12-31-25(32)24(34-26(31)29-20-10-8-7-9-11-20)15-19-14-21-18(2)17-27(3,4)30(5)23(21)16-22(19)28/h7-11,14-16,18H,6,12-13,17H2,1-5H3/b24-15+,29-26?. The first-order valence-corrected chi connectivity index (χ1v) is 12.5. The first-order chi connectivity index (χ1) is 16.2. The third-order valence-corrected chi connectivity index (χ3v) is 7.58. The fraction of sp³-hybridized carbons (Fsp3) is 0.407. The number of ether oxygens (including phenoxy) is 1. The summed E-state index contributed by atoms with van der Waals surface area (Å²) in [4.78, 5) is 22.2. The molecule has 34 heavy (non-hydrogen) atoms. The second-order valence-corrected chi connectivity index (χ2v) is 10.4. The van der Waals surface area contributed by atoms with Gasteiger partial charge in [0.25, 0.3) is 5.91 Å². The van der Waals surface area contributed by atoms with E-state index >= 15 is 4.39 Å². The van der Waals surface area contributed by atoms with Gasteiger partial charge >= 0.3 is 0 Å². The number of carbonyl (C=O) groups excluding carboxylic acids is 1. The molecule has 1 atom stereocenters. The van der Waals surface area contributed by atoms with E-state index in [0.717, 1.165) is 23.4 Å². The molecule has 0 spiro atoms. The summed E-state index contributed by atoms with van der Waals surface area (Å²) in [6.45, 7) is 9.84. The molecule has 180 valence electrons. The lowest BCUT2D eigenvalue weighted by molar-refractivity contribution is -0.122. The molecule has 1 amide bonds. The summed E-state index contributed by atoms with van der Waals surface area (Å²) in [7, 11) is 2.02. The van der Waals surface area contributed by atoms with Gasteiger partial charge in [0.15, 0.2) is 5.17 Å². The Labute approximate surface area is 205 Å². The first-order valence-electron chi connectivity index (χ1n) is 11.7. The van der Waals surface area contributed by atoms with Crippen molar-refractivity contribution in [1.82, 2.24) is 4.90 Å². The zero-order valence-corrected chi connectivity index (χ0v) is 21.3. The largest absolute Gasteiger partial charge is 0.380 e. The van der Waals surface area contributed by atoms with Crippen LogP contribution in [0.15, 0.2) is 52.4 Å². The number of fused-ring (bicyclic) bond motifs is 1. The molecule has 2 heterocycles. The number of amidine groups is 1. The lowest BCUT2D eigenvalue weighted by Gasteiger charge is -2.45. The minimum atomic E-state index is -0.328. The summed E-state index contributed by atoms with van der Waals surface area (Å²) >= 11 is 1.28. The number of aliphatic imine (C=N–C) groups is 1. The normalized spacial score (nSPS) is 22.1. The molecule has 2 aromatic carbocycles. The smallest absolute Gasteiger partial charge is 0.266 e. The predicted octanol–water partition coefficient (Wildman–Crippen LogP) is 6.19. The molecule has 0 aliphatic carbocycles. The van der Waals surface area contributed by atoms with Crippen LogP contribution < -0.4 is 4.90 Å². The molecule has 1 saturated heterocycles. The van der Waals surface area contributed by atoms with Gasteiger partial charge in [-0.3, -0.25) is 9.69 Å². The average Bonchev–Trinajstić information content (AvgIpc) is 3.08. The lowest BCUT2D eigenvalue weighted by Crippen LogP contribution is -2.45. The highest BCUT2D eigenvalue weighted by atomic mass is 32.2. The Morgan fingerprint density at radius 2 is 2.00 bits per heavy atom. The Hall–Kier alpha value is -2.64. The quantitative estimate of drug-likeness (QED) is 0.365. The van der Waals surface area contributed by atoms with E-state index in [1.54, 1.807) is 17.0 Å². The van der Waals surface area contributed by atoms with Gasteiger partial charge in [-0.1, -0.05) is 25.1 Å². The molecule has 7 heteroatoms. The van der Waals surface area contributed by atoms with Crippen LogP contribution in [-0.2, 0) is 9.53 Å². The second-order valence-electron chi connectivity index (χ2n) is 9.40. The number of anilines is 1. The van der Waals surface area contributed by atoms with Crippen molar-refractivity contribution < 1.29 is 13.9 Å². The Bertz CT molecular complexity index is 1130. The van der Waals surface area contributed by atoms with E-state index < -0.39 is 0 Å². The maximum absolute atomic E-state index is 15.2. The van der Waals surface area contributed by atoms with Gasteiger partial charge in [0, 0.05) is 30.4 Å². The van der Waals surface area contributed by atoms with Crippen molar-refractivity contribution in [3.63, 3.8) is 0 Å². The van der Waals surface area contributed by atoms with Crippen molar-refractivity contribution in [2.75, 3.05) is 31.7 Å². The molecule has 0 saturated carbocycles. The van der Waals surface area contributed by atoms with Gasteiger partial charge in [-0.05, 0) is 80.8 Å². The van der Waals surface area contributed by atoms with Crippen LogP contribution in [0.3, 0.4) is 0 Å². The van der Waals surface area contributed by atoms with Crippen molar-refractivity contribution >= 4 is 40.3 Å². The van der Waals surface area contributed by atoms with Crippen molar-refractivity contribution in [2.45, 2.75) is 45.6 Å². The Morgan fingerprint density at radius 3 is 2.71 bits per heavy atom. The number of thioether (sulfide) groups is 1. The van der Waals surface area contributed by atoms with Gasteiger partial charge in [0.2, 0.25) is 0 Å². The van der Waals surface area contributed by atoms with Gasteiger partial charge in [0.05, 0.1) is 23.7 Å². The molecule has 2 aromatic rings. The highest BCUT2D eigenvalue weighted by Crippen LogP contribution is 2.44. The molecular formula is C27H32FN3O2S. The molecule has 4 rings (SSSR count). The van der Waals surface area contributed by atoms with E-state index in [9.17, 15) is 4.79 Å². The summed E-state index contributed by atoms with van der Waals surface area (Å²) < 4.78 is 20.7. The topological polar surface area (TPSA) is 45.1 Å². The third kappa shape index (κ3) is 4.91. The summed E-state index contributed by atoms with van der Waals surface area (Å²) in [5, 5.41) is 0.579. The van der Waals surface area contributed by atoms with E-state index in [4.69, 9.17) is 4.74 Å². The van der Waals surface area contributed by atoms with E-state index in [-0.39, 0.29) is 17.3 Å². The average molecular weight is 482 g/mol. The monoisotopic (exact) mass is 481 g/mol. The van der Waals surface area contributed by atoms with Crippen molar-refractivity contribution in [3.8, 4) is 0 Å². The number of amides is 1. The van der Waals surface area contributed by atoms with Gasteiger partial charge in [-0.15, -0.1) is 0 Å². The van der Waals surface area contributed by atoms with Crippen LogP contribution in [0.5, 0.6) is 0 Å². The van der Waals surface area contributed by atoms with Crippen molar-refractivity contribution in [2.24, 2.45) is 4.99 Å². The SMILES string of the molecule is CCOCCN1C(=O)/C(=C\c2cc3c(cc2F)N(C)C(C)(C)CC3C)SC1=Nc1ccccc1. The van der Waals surface area contributed by atoms with Gasteiger partial charge in [0.1, 0.15) is 5.82 Å². The predicted molar refractivity (Wildman–Crippen MR) is 139 cm³/mol. The molecule has 1 fully saturated rings. The molecule has 0 N–H and O–H groups in total. The minimum Gasteiger partial charge on any atom is -0.380 e. The fourth-order valence-electron chi connectivity index (χ4n) is 4.56. The molecule has 2 aliphatic heterocycles. The molecular weight excluding hydrogens is 449 g/mol. The molecule has 0 bridgehead atoms. The number of para-hydroxylation sites is 1. The molecule has 5 nitrogen and oxygen atoms in total. The maximum atomic E-state index is 15.2. The number of nitrogens with zero attached hydrogens (tertiary/aromatic N) is 3. The van der Waals surface area contributed by atoms with Crippen LogP contribution >= 0.6 is 11.8 Å². The van der Waals surface area contributed by atoms with Gasteiger partial charge in [-0.2, -0.15) is 0 Å². The Morgan fingerprint density at radius 1 is 1.26 bits per heavy atom. The molecule has 0 radical (unpaired) electrons. The first kappa shape index (κ1) is 24.5. The Kier molecular flexibility index (Phi) is 7.14. The minimum absolute atomic E-state index is 0.0417. The fourth-order valence-corrected chi connectivity index (χ4v) is 5.57. The molecule has 1 unspecified atom stereocenters. The number of hydrogen-bond acceptors (Lipinski definition) is 5. The summed E-state index contributed by atoms with van der Waals surface area (Å²) in [5.74, 6) is -0.211. The number of halogens is 1. The van der Waals surface area contributed by atoms with Crippen molar-refractivity contribution in [1.29, 1.82) is 0 Å². The van der Waals surface area contributed by atoms with Crippen LogP contribution in [-0.4, -0.2) is 48.3 Å². The second kappa shape index (κ2) is 9.92. The van der Waals surface area contributed by atoms with E-state index in [0.29, 0.717) is 41.3 Å². The van der Waals surface area contributed by atoms with E-state index in [1.807, 2.05) is 50.4 Å². The van der Waals surface area contributed by atoms with Crippen LogP contribution in [0.4, 0.5) is 15.8 Å². The number of carbonyl (C=O) groups is 1. The van der Waals surface area contributed by atoms with Gasteiger partial charge in [-0.25, -0.2) is 9.38 Å². The maximum Gasteiger partial charge on any atom is 0.266 e. The van der Waals surface area contributed by atoms with E-state index in [1.165, 1.54) is 11.8 Å². The number of rotatable bonds is 6. The lowest BCUT2D eigenvalue weighted by atomic mass is 9.80. The zero-order chi connectivity index (χ0) is 24.5. The van der Waals surface area contributed by atoms with Crippen LogP contribution in [0, 0.1) is 5.82 Å². The van der Waals surface area contributed by atoms with Crippen LogP contribution in [0.1, 0.15) is 51.2 Å². The van der Waals surface area contributed by atoms with E-state index in [2.05, 4.69) is 30.7 Å². The van der Waals surface area contributed by atoms with Crippen LogP contribution in [0.25, 0.3) is 6.08 Å². The molecule has 0 aromatic heterocycles. The van der Waals surface area contributed by atoms with Gasteiger partial charge < -0.3 is 9.64 Å². The highest BCUT2D eigenvalue weighted by Gasteiger charge is 2.36. The summed E-state index contributed by atoms with van der Waals surface area (Å²) in [6, 6.07) is 13.0. The third-order valence-electron chi connectivity index (χ3n) is 6.57. The molecule has 2 aliphatic rings. The van der Waals surface area contributed by atoms with Crippen molar-refractivity contribution in [3.05, 3.63) is 64.3 Å². The summed E-state index contributed by atoms with van der Waals surface area (Å²) in [6.07, 6.45) is 2.64.